The summed E-state index contributed by atoms with van der Waals surface area (Å²) < 4.78 is 11.5. The molecular formula is C28H33N3O4. The molecule has 2 amide bonds. The Kier molecular flexibility index (Phi) is 7.24. The third-order valence-corrected chi connectivity index (χ3v) is 6.59. The largest absolute Gasteiger partial charge is 0.484 e. The molecule has 1 aliphatic heterocycles. The van der Waals surface area contributed by atoms with Gasteiger partial charge in [-0.05, 0) is 56.0 Å². The number of aromatic nitrogens is 1. The number of hydrogen-bond acceptors (Lipinski definition) is 5. The Labute approximate surface area is 206 Å². The number of oxazole rings is 1. The van der Waals surface area contributed by atoms with Crippen molar-refractivity contribution in [1.82, 2.24) is 14.8 Å². The lowest BCUT2D eigenvalue weighted by atomic mass is 9.87. The molecule has 1 aromatic heterocycles. The predicted octanol–water partition coefficient (Wildman–Crippen LogP) is 4.93. The second-order valence-corrected chi connectivity index (χ2v) is 9.29. The number of hydrogen-bond donors (Lipinski definition) is 0. The Hall–Kier alpha value is -3.61. The van der Waals surface area contributed by atoms with Crippen molar-refractivity contribution < 1.29 is 18.7 Å². The molecule has 1 aliphatic rings. The molecule has 0 saturated carbocycles. The van der Waals surface area contributed by atoms with Crippen LogP contribution in [-0.4, -0.2) is 46.2 Å². The minimum Gasteiger partial charge on any atom is -0.484 e. The van der Waals surface area contributed by atoms with E-state index in [1.165, 1.54) is 17.4 Å². The van der Waals surface area contributed by atoms with E-state index in [-0.39, 0.29) is 36.2 Å². The molecule has 2 heterocycles. The van der Waals surface area contributed by atoms with E-state index < -0.39 is 0 Å². The van der Waals surface area contributed by atoms with Gasteiger partial charge >= 0.3 is 0 Å². The van der Waals surface area contributed by atoms with E-state index in [9.17, 15) is 9.59 Å². The van der Waals surface area contributed by atoms with E-state index in [4.69, 9.17) is 9.15 Å². The second kappa shape index (κ2) is 10.3. The van der Waals surface area contributed by atoms with Crippen LogP contribution in [0.1, 0.15) is 71.9 Å². The number of nitrogens with zero attached hydrogens (tertiary/aromatic N) is 3. The van der Waals surface area contributed by atoms with Crippen LogP contribution in [0.25, 0.3) is 0 Å². The monoisotopic (exact) mass is 475 g/mol. The lowest BCUT2D eigenvalue weighted by Gasteiger charge is -2.38. The third-order valence-electron chi connectivity index (χ3n) is 6.59. The van der Waals surface area contributed by atoms with Crippen LogP contribution in [0, 0.1) is 6.92 Å². The van der Waals surface area contributed by atoms with Gasteiger partial charge in [0.25, 0.3) is 5.91 Å². The van der Waals surface area contributed by atoms with Crippen LogP contribution in [0.5, 0.6) is 5.75 Å². The van der Waals surface area contributed by atoms with Gasteiger partial charge in [-0.3, -0.25) is 9.59 Å². The van der Waals surface area contributed by atoms with Crippen molar-refractivity contribution in [2.24, 2.45) is 0 Å². The number of carbonyl (C=O) groups excluding carboxylic acids is 2. The molecule has 184 valence electrons. The van der Waals surface area contributed by atoms with Crippen molar-refractivity contribution in [1.29, 1.82) is 0 Å². The molecule has 7 nitrogen and oxygen atoms in total. The zero-order valence-corrected chi connectivity index (χ0v) is 21.1. The normalized spacial score (nSPS) is 15.1. The van der Waals surface area contributed by atoms with Crippen molar-refractivity contribution in [3.05, 3.63) is 82.6 Å². The summed E-state index contributed by atoms with van der Waals surface area (Å²) in [6.07, 6.45) is 2.64. The molecule has 0 bridgehead atoms. The molecule has 7 heteroatoms. The fraction of sp³-hybridized carbons (Fsp3) is 0.393. The SMILES string of the molecule is CCC(=O)N1CCc2ccc(OCc3nc(C(=O)N(C)C(C)C)co3)cc2C1c1ccc(C)cc1. The molecule has 4 rings (SSSR count). The number of aryl methyl sites for hydroxylation is 1. The Bertz CT molecular complexity index is 1200. The molecule has 0 saturated heterocycles. The summed E-state index contributed by atoms with van der Waals surface area (Å²) in [7, 11) is 1.74. The van der Waals surface area contributed by atoms with Gasteiger partial charge in [0.2, 0.25) is 11.8 Å². The maximum atomic E-state index is 12.8. The fourth-order valence-electron chi connectivity index (χ4n) is 4.30. The van der Waals surface area contributed by atoms with Gasteiger partial charge in [0.1, 0.15) is 12.0 Å². The van der Waals surface area contributed by atoms with Gasteiger partial charge < -0.3 is 19.0 Å². The highest BCUT2D eigenvalue weighted by molar-refractivity contribution is 5.92. The minimum absolute atomic E-state index is 0.0648. The van der Waals surface area contributed by atoms with E-state index in [0.29, 0.717) is 24.6 Å². The van der Waals surface area contributed by atoms with Gasteiger partial charge in [0, 0.05) is 26.1 Å². The van der Waals surface area contributed by atoms with Crippen LogP contribution in [0.2, 0.25) is 0 Å². The number of ether oxygens (including phenoxy) is 1. The van der Waals surface area contributed by atoms with E-state index in [1.54, 1.807) is 11.9 Å². The molecule has 0 aliphatic carbocycles. The highest BCUT2D eigenvalue weighted by Crippen LogP contribution is 2.37. The van der Waals surface area contributed by atoms with Gasteiger partial charge in [0.05, 0.1) is 6.04 Å². The summed E-state index contributed by atoms with van der Waals surface area (Å²) in [4.78, 5) is 33.2. The topological polar surface area (TPSA) is 75.9 Å². The molecule has 0 N–H and O–H groups in total. The van der Waals surface area contributed by atoms with E-state index in [1.807, 2.05) is 37.8 Å². The first-order valence-corrected chi connectivity index (χ1v) is 12.1. The number of amides is 2. The summed E-state index contributed by atoms with van der Waals surface area (Å²) in [6.45, 7) is 8.63. The summed E-state index contributed by atoms with van der Waals surface area (Å²) in [5.41, 5.74) is 4.81. The molecular weight excluding hydrogens is 442 g/mol. The first kappa shape index (κ1) is 24.5. The Balaban J connectivity index is 1.57. The molecule has 0 radical (unpaired) electrons. The van der Waals surface area contributed by atoms with Crippen LogP contribution in [0.15, 0.2) is 53.1 Å². The number of rotatable bonds is 7. The maximum Gasteiger partial charge on any atom is 0.275 e. The summed E-state index contributed by atoms with van der Waals surface area (Å²) >= 11 is 0. The Morgan fingerprint density at radius 1 is 1.20 bits per heavy atom. The quantitative estimate of drug-likeness (QED) is 0.485. The standard InChI is InChI=1S/C28H33N3O4/c1-6-26(32)31-14-13-20-11-12-22(15-23(20)27(31)21-9-7-19(4)8-10-21)34-17-25-29-24(16-35-25)28(33)30(5)18(2)3/h7-12,15-16,18,27H,6,13-14,17H2,1-5H3. The van der Waals surface area contributed by atoms with Crippen molar-refractivity contribution in [2.75, 3.05) is 13.6 Å². The summed E-state index contributed by atoms with van der Waals surface area (Å²) in [5.74, 6) is 0.944. The lowest BCUT2D eigenvalue weighted by molar-refractivity contribution is -0.132. The van der Waals surface area contributed by atoms with Crippen LogP contribution in [0.3, 0.4) is 0 Å². The van der Waals surface area contributed by atoms with Gasteiger partial charge in [-0.1, -0.05) is 42.8 Å². The highest BCUT2D eigenvalue weighted by atomic mass is 16.5. The maximum absolute atomic E-state index is 12.8. The molecule has 0 spiro atoms. The molecule has 2 aromatic carbocycles. The van der Waals surface area contributed by atoms with Crippen molar-refractivity contribution in [2.45, 2.75) is 59.2 Å². The van der Waals surface area contributed by atoms with Gasteiger partial charge in [-0.25, -0.2) is 4.98 Å². The Morgan fingerprint density at radius 2 is 1.94 bits per heavy atom. The van der Waals surface area contributed by atoms with Gasteiger partial charge in [-0.15, -0.1) is 0 Å². The van der Waals surface area contributed by atoms with Crippen molar-refractivity contribution in [3.8, 4) is 5.75 Å². The molecule has 0 fully saturated rings. The van der Waals surface area contributed by atoms with E-state index in [0.717, 1.165) is 17.5 Å². The smallest absolute Gasteiger partial charge is 0.275 e. The predicted molar refractivity (Wildman–Crippen MR) is 133 cm³/mol. The molecule has 35 heavy (non-hydrogen) atoms. The first-order valence-electron chi connectivity index (χ1n) is 12.1. The summed E-state index contributed by atoms with van der Waals surface area (Å²) in [5, 5.41) is 0. The highest BCUT2D eigenvalue weighted by Gasteiger charge is 2.31. The van der Waals surface area contributed by atoms with Crippen LogP contribution in [0.4, 0.5) is 0 Å². The number of benzene rings is 2. The second-order valence-electron chi connectivity index (χ2n) is 9.29. The lowest BCUT2D eigenvalue weighted by Crippen LogP contribution is -2.40. The number of carbonyl (C=O) groups is 2. The first-order chi connectivity index (χ1) is 16.8. The van der Waals surface area contributed by atoms with E-state index in [2.05, 4.69) is 42.2 Å². The van der Waals surface area contributed by atoms with Crippen LogP contribution < -0.4 is 4.74 Å². The number of fused-ring (bicyclic) bond motifs is 1. The zero-order valence-electron chi connectivity index (χ0n) is 21.1. The van der Waals surface area contributed by atoms with Gasteiger partial charge in [-0.2, -0.15) is 0 Å². The minimum atomic E-state index is -0.189. The van der Waals surface area contributed by atoms with E-state index >= 15 is 0 Å². The molecule has 1 unspecified atom stereocenters. The zero-order chi connectivity index (χ0) is 25.1. The Morgan fingerprint density at radius 3 is 2.63 bits per heavy atom. The van der Waals surface area contributed by atoms with Crippen molar-refractivity contribution in [3.63, 3.8) is 0 Å². The van der Waals surface area contributed by atoms with Gasteiger partial charge in [0.15, 0.2) is 12.3 Å². The fourth-order valence-corrected chi connectivity index (χ4v) is 4.30. The summed E-state index contributed by atoms with van der Waals surface area (Å²) in [6, 6.07) is 14.3. The molecule has 1 atom stereocenters. The average Bonchev–Trinajstić information content (AvgIpc) is 3.35. The van der Waals surface area contributed by atoms with Crippen LogP contribution in [-0.2, 0) is 17.8 Å². The van der Waals surface area contributed by atoms with Crippen molar-refractivity contribution >= 4 is 11.8 Å². The molecule has 3 aromatic rings. The average molecular weight is 476 g/mol. The third kappa shape index (κ3) is 5.24. The van der Waals surface area contributed by atoms with Crippen LogP contribution >= 0.6 is 0 Å².